The van der Waals surface area contributed by atoms with Crippen LogP contribution >= 0.6 is 11.6 Å². The van der Waals surface area contributed by atoms with Crippen molar-refractivity contribution in [2.45, 2.75) is 0 Å². The Bertz CT molecular complexity index is 532. The fraction of sp³-hybridized carbons (Fsp3) is 0. The molecule has 0 bridgehead atoms. The number of hydrogen-bond donors (Lipinski definition) is 1. The van der Waals surface area contributed by atoms with E-state index in [0.29, 0.717) is 0 Å². The minimum absolute atomic E-state index is 0.0653. The Balaban J connectivity index is 2.43. The molecule has 0 amide bonds. The highest BCUT2D eigenvalue weighted by Crippen LogP contribution is 2.27. The zero-order chi connectivity index (χ0) is 12.3. The van der Waals surface area contributed by atoms with Crippen molar-refractivity contribution in [2.75, 3.05) is 0 Å². The van der Waals surface area contributed by atoms with Gasteiger partial charge >= 0.3 is 0 Å². The van der Waals surface area contributed by atoms with E-state index in [2.05, 4.69) is 4.99 Å². The average Bonchev–Trinajstić information content (AvgIpc) is 2.35. The summed E-state index contributed by atoms with van der Waals surface area (Å²) in [4.78, 5) is 4.02. The second-order valence-corrected chi connectivity index (χ2v) is 3.84. The van der Waals surface area contributed by atoms with Gasteiger partial charge in [0.25, 0.3) is 0 Å². The quantitative estimate of drug-likeness (QED) is 0.641. The Morgan fingerprint density at radius 1 is 1.06 bits per heavy atom. The maximum Gasteiger partial charge on any atom is 0.150 e. The summed E-state index contributed by atoms with van der Waals surface area (Å²) in [6.07, 6.45) is 0. The number of amidine groups is 1. The Morgan fingerprint density at radius 3 is 2.41 bits per heavy atom. The first-order chi connectivity index (χ1) is 8.18. The second kappa shape index (κ2) is 4.97. The van der Waals surface area contributed by atoms with Crippen LogP contribution in [-0.2, 0) is 0 Å². The fourth-order valence-electron chi connectivity index (χ4n) is 1.39. The molecule has 2 rings (SSSR count). The lowest BCUT2D eigenvalue weighted by Crippen LogP contribution is -2.12. The van der Waals surface area contributed by atoms with Gasteiger partial charge in [0.05, 0.1) is 5.02 Å². The van der Waals surface area contributed by atoms with E-state index in [4.69, 9.17) is 17.3 Å². The molecule has 0 fully saturated rings. The van der Waals surface area contributed by atoms with Crippen LogP contribution in [-0.4, -0.2) is 5.84 Å². The van der Waals surface area contributed by atoms with E-state index in [0.717, 1.165) is 5.56 Å². The van der Waals surface area contributed by atoms with Gasteiger partial charge in [0.1, 0.15) is 17.3 Å². The molecule has 0 radical (unpaired) electrons. The van der Waals surface area contributed by atoms with Gasteiger partial charge in [-0.15, -0.1) is 0 Å². The van der Waals surface area contributed by atoms with Crippen molar-refractivity contribution in [1.29, 1.82) is 0 Å². The summed E-state index contributed by atoms with van der Waals surface area (Å²) in [5.41, 5.74) is 6.58. The molecular weight excluding hydrogens is 239 g/mol. The molecule has 2 nitrogen and oxygen atoms in total. The Labute approximate surface area is 104 Å². The van der Waals surface area contributed by atoms with Crippen molar-refractivity contribution in [1.82, 2.24) is 0 Å². The Kier molecular flexibility index (Phi) is 3.40. The lowest BCUT2D eigenvalue weighted by Gasteiger charge is -2.03. The Hall–Kier alpha value is -1.87. The molecule has 2 aromatic carbocycles. The minimum atomic E-state index is -0.489. The van der Waals surface area contributed by atoms with E-state index in [9.17, 15) is 4.39 Å². The number of nitrogens with zero attached hydrogens (tertiary/aromatic N) is 1. The van der Waals surface area contributed by atoms with Gasteiger partial charge in [0, 0.05) is 5.56 Å². The van der Waals surface area contributed by atoms with Gasteiger partial charge in [-0.05, 0) is 12.1 Å². The second-order valence-electron chi connectivity index (χ2n) is 3.43. The summed E-state index contributed by atoms with van der Waals surface area (Å²) in [6.45, 7) is 0. The van der Waals surface area contributed by atoms with Crippen LogP contribution in [0.2, 0.25) is 5.02 Å². The number of para-hydroxylation sites is 1. The summed E-state index contributed by atoms with van der Waals surface area (Å²) in [5, 5.41) is 0.240. The molecule has 0 aliphatic heterocycles. The maximum absolute atomic E-state index is 13.5. The predicted octanol–water partition coefficient (Wildman–Crippen LogP) is 3.52. The van der Waals surface area contributed by atoms with Crippen LogP contribution in [0.25, 0.3) is 0 Å². The van der Waals surface area contributed by atoms with Crippen LogP contribution in [0.15, 0.2) is 53.5 Å². The SMILES string of the molecule is NC(=Nc1c(F)cccc1Cl)c1ccccc1. The van der Waals surface area contributed by atoms with Gasteiger partial charge in [-0.2, -0.15) is 0 Å². The molecular formula is C13H10ClFN2. The molecule has 86 valence electrons. The molecule has 0 aliphatic rings. The van der Waals surface area contributed by atoms with E-state index in [1.54, 1.807) is 18.2 Å². The van der Waals surface area contributed by atoms with Gasteiger partial charge in [0.15, 0.2) is 0 Å². The number of halogens is 2. The molecule has 0 saturated heterocycles. The molecule has 2 N–H and O–H groups in total. The molecule has 0 unspecified atom stereocenters. The van der Waals surface area contributed by atoms with E-state index in [1.807, 2.05) is 18.2 Å². The van der Waals surface area contributed by atoms with Crippen LogP contribution in [0.3, 0.4) is 0 Å². The van der Waals surface area contributed by atoms with Crippen LogP contribution in [0.5, 0.6) is 0 Å². The van der Waals surface area contributed by atoms with Crippen molar-refractivity contribution in [3.05, 3.63) is 64.9 Å². The normalized spacial score (nSPS) is 11.5. The van der Waals surface area contributed by atoms with Crippen molar-refractivity contribution >= 4 is 23.1 Å². The van der Waals surface area contributed by atoms with E-state index in [-0.39, 0.29) is 16.5 Å². The number of benzene rings is 2. The topological polar surface area (TPSA) is 38.4 Å². The number of aliphatic imine (C=N–C) groups is 1. The molecule has 2 aromatic rings. The molecule has 0 aromatic heterocycles. The third-order valence-corrected chi connectivity index (χ3v) is 2.54. The van der Waals surface area contributed by atoms with Crippen LogP contribution in [0, 0.1) is 5.82 Å². The predicted molar refractivity (Wildman–Crippen MR) is 68.2 cm³/mol. The van der Waals surface area contributed by atoms with Crippen molar-refractivity contribution in [3.8, 4) is 0 Å². The number of hydrogen-bond acceptors (Lipinski definition) is 1. The van der Waals surface area contributed by atoms with Crippen molar-refractivity contribution < 1.29 is 4.39 Å². The maximum atomic E-state index is 13.5. The third kappa shape index (κ3) is 2.63. The van der Waals surface area contributed by atoms with Gasteiger partial charge in [-0.3, -0.25) is 0 Å². The van der Waals surface area contributed by atoms with Crippen LogP contribution < -0.4 is 5.73 Å². The zero-order valence-electron chi connectivity index (χ0n) is 8.90. The van der Waals surface area contributed by atoms with E-state index < -0.39 is 5.82 Å². The highest BCUT2D eigenvalue weighted by atomic mass is 35.5. The first-order valence-electron chi connectivity index (χ1n) is 5.02. The van der Waals surface area contributed by atoms with Gasteiger partial charge in [-0.1, -0.05) is 48.0 Å². The molecule has 4 heteroatoms. The first kappa shape index (κ1) is 11.6. The third-order valence-electron chi connectivity index (χ3n) is 2.24. The lowest BCUT2D eigenvalue weighted by atomic mass is 10.2. The van der Waals surface area contributed by atoms with Crippen molar-refractivity contribution in [3.63, 3.8) is 0 Å². The summed E-state index contributed by atoms with van der Waals surface area (Å²) in [6, 6.07) is 13.5. The first-order valence-corrected chi connectivity index (χ1v) is 5.40. The Morgan fingerprint density at radius 2 is 1.76 bits per heavy atom. The highest BCUT2D eigenvalue weighted by molar-refractivity contribution is 6.33. The standard InChI is InChI=1S/C13H10ClFN2/c14-10-7-4-8-11(15)12(10)17-13(16)9-5-2-1-3-6-9/h1-8H,(H2,16,17). The summed E-state index contributed by atoms with van der Waals surface area (Å²) in [7, 11) is 0. The van der Waals surface area contributed by atoms with Gasteiger partial charge < -0.3 is 5.73 Å². The molecule has 0 atom stereocenters. The molecule has 0 spiro atoms. The van der Waals surface area contributed by atoms with E-state index >= 15 is 0 Å². The van der Waals surface area contributed by atoms with Crippen LogP contribution in [0.4, 0.5) is 10.1 Å². The fourth-order valence-corrected chi connectivity index (χ4v) is 1.60. The van der Waals surface area contributed by atoms with E-state index in [1.165, 1.54) is 12.1 Å². The van der Waals surface area contributed by atoms with Crippen LogP contribution in [0.1, 0.15) is 5.56 Å². The smallest absolute Gasteiger partial charge is 0.150 e. The monoisotopic (exact) mass is 248 g/mol. The zero-order valence-corrected chi connectivity index (χ0v) is 9.66. The van der Waals surface area contributed by atoms with Gasteiger partial charge in [0.2, 0.25) is 0 Å². The average molecular weight is 249 g/mol. The largest absolute Gasteiger partial charge is 0.383 e. The number of rotatable bonds is 2. The highest BCUT2D eigenvalue weighted by Gasteiger charge is 2.06. The summed E-state index contributed by atoms with van der Waals surface area (Å²) < 4.78 is 13.5. The van der Waals surface area contributed by atoms with Gasteiger partial charge in [-0.25, -0.2) is 9.38 Å². The number of nitrogens with two attached hydrogens (primary N) is 1. The molecule has 17 heavy (non-hydrogen) atoms. The summed E-state index contributed by atoms with van der Waals surface area (Å²) in [5.74, 6) is -0.256. The molecule has 0 heterocycles. The van der Waals surface area contributed by atoms with Crippen molar-refractivity contribution in [2.24, 2.45) is 10.7 Å². The molecule has 0 aliphatic carbocycles. The summed E-state index contributed by atoms with van der Waals surface area (Å²) >= 11 is 5.86. The minimum Gasteiger partial charge on any atom is -0.383 e. The lowest BCUT2D eigenvalue weighted by molar-refractivity contribution is 0.630. The molecule has 0 saturated carbocycles.